The van der Waals surface area contributed by atoms with Gasteiger partial charge in [0.05, 0.1) is 0 Å². The van der Waals surface area contributed by atoms with Crippen LogP contribution in [0.15, 0.2) is 17.5 Å². The average Bonchev–Trinajstić information content (AvgIpc) is 3.10. The average molecular weight is 264 g/mol. The van der Waals surface area contributed by atoms with Gasteiger partial charge in [0.15, 0.2) is 0 Å². The maximum Gasteiger partial charge on any atom is 0.00967 e. The van der Waals surface area contributed by atoms with Crippen molar-refractivity contribution < 1.29 is 0 Å². The van der Waals surface area contributed by atoms with E-state index in [2.05, 4.69) is 27.7 Å². The van der Waals surface area contributed by atoms with E-state index in [0.29, 0.717) is 0 Å². The van der Waals surface area contributed by atoms with Crippen LogP contribution in [0.2, 0.25) is 0 Å². The van der Waals surface area contributed by atoms with Crippen molar-refractivity contribution in [2.24, 2.45) is 5.92 Å². The second kappa shape index (κ2) is 6.18. The first-order chi connectivity index (χ1) is 8.92. The standard InChI is InChI=1S/C15H24N2S/c1-4-15(16-8-1)13-5-9-17(10-6-13)11-7-14-3-2-12-18-14/h2-3,12-13,15-16H,1,4-11H2. The Labute approximate surface area is 114 Å². The van der Waals surface area contributed by atoms with Gasteiger partial charge in [-0.3, -0.25) is 0 Å². The fourth-order valence-corrected chi connectivity index (χ4v) is 4.11. The molecule has 3 rings (SSSR count). The zero-order valence-electron chi connectivity index (χ0n) is 11.1. The second-order valence-corrected chi connectivity index (χ2v) is 6.74. The van der Waals surface area contributed by atoms with Gasteiger partial charge >= 0.3 is 0 Å². The van der Waals surface area contributed by atoms with E-state index in [1.807, 2.05) is 11.3 Å². The molecule has 1 unspecified atom stereocenters. The van der Waals surface area contributed by atoms with E-state index < -0.39 is 0 Å². The van der Waals surface area contributed by atoms with Crippen LogP contribution < -0.4 is 5.32 Å². The molecule has 2 nitrogen and oxygen atoms in total. The van der Waals surface area contributed by atoms with Gasteiger partial charge in [-0.15, -0.1) is 11.3 Å². The molecule has 0 bridgehead atoms. The van der Waals surface area contributed by atoms with E-state index >= 15 is 0 Å². The zero-order chi connectivity index (χ0) is 12.2. The topological polar surface area (TPSA) is 15.3 Å². The minimum absolute atomic E-state index is 0.837. The molecule has 0 spiro atoms. The van der Waals surface area contributed by atoms with Crippen molar-refractivity contribution in [3.63, 3.8) is 0 Å². The SMILES string of the molecule is c1csc(CCN2CCC(C3CCCN3)CC2)c1. The lowest BCUT2D eigenvalue weighted by Gasteiger charge is -2.34. The molecule has 3 heterocycles. The molecular formula is C15H24N2S. The van der Waals surface area contributed by atoms with Gasteiger partial charge in [0.1, 0.15) is 0 Å². The van der Waals surface area contributed by atoms with Crippen LogP contribution in [0, 0.1) is 5.92 Å². The van der Waals surface area contributed by atoms with Crippen LogP contribution in [-0.2, 0) is 6.42 Å². The molecule has 0 amide bonds. The van der Waals surface area contributed by atoms with Crippen molar-refractivity contribution in [1.29, 1.82) is 0 Å². The molecular weight excluding hydrogens is 240 g/mol. The van der Waals surface area contributed by atoms with Gasteiger partial charge in [0.25, 0.3) is 0 Å². The van der Waals surface area contributed by atoms with Crippen molar-refractivity contribution in [2.75, 3.05) is 26.2 Å². The van der Waals surface area contributed by atoms with E-state index in [4.69, 9.17) is 0 Å². The summed E-state index contributed by atoms with van der Waals surface area (Å²) in [4.78, 5) is 4.19. The zero-order valence-corrected chi connectivity index (χ0v) is 11.9. The quantitative estimate of drug-likeness (QED) is 0.899. The van der Waals surface area contributed by atoms with Crippen molar-refractivity contribution in [3.8, 4) is 0 Å². The van der Waals surface area contributed by atoms with Gasteiger partial charge in [-0.2, -0.15) is 0 Å². The van der Waals surface area contributed by atoms with Crippen LogP contribution in [0.4, 0.5) is 0 Å². The Morgan fingerprint density at radius 1 is 1.28 bits per heavy atom. The largest absolute Gasteiger partial charge is 0.314 e. The number of thiophene rings is 1. The fraction of sp³-hybridized carbons (Fsp3) is 0.733. The first-order valence-electron chi connectivity index (χ1n) is 7.40. The van der Waals surface area contributed by atoms with Gasteiger partial charge in [-0.1, -0.05) is 6.07 Å². The number of nitrogens with one attached hydrogen (secondary N) is 1. The summed E-state index contributed by atoms with van der Waals surface area (Å²) in [5, 5.41) is 5.87. The molecule has 2 saturated heterocycles. The normalized spacial score (nSPS) is 26.8. The molecule has 100 valence electrons. The summed E-state index contributed by atoms with van der Waals surface area (Å²) in [6.45, 7) is 5.14. The Kier molecular flexibility index (Phi) is 4.34. The lowest BCUT2D eigenvalue weighted by molar-refractivity contribution is 0.165. The lowest BCUT2D eigenvalue weighted by Crippen LogP contribution is -2.41. The number of hydrogen-bond acceptors (Lipinski definition) is 3. The molecule has 1 atom stereocenters. The smallest absolute Gasteiger partial charge is 0.00967 e. The van der Waals surface area contributed by atoms with Crippen molar-refractivity contribution >= 4 is 11.3 Å². The molecule has 1 aromatic heterocycles. The summed E-state index contributed by atoms with van der Waals surface area (Å²) in [6.07, 6.45) is 6.86. The minimum Gasteiger partial charge on any atom is -0.314 e. The van der Waals surface area contributed by atoms with Crippen molar-refractivity contribution in [1.82, 2.24) is 10.2 Å². The Bertz CT molecular complexity index is 335. The first kappa shape index (κ1) is 12.6. The van der Waals surface area contributed by atoms with Gasteiger partial charge in [-0.05, 0) is 69.1 Å². The fourth-order valence-electron chi connectivity index (χ4n) is 3.42. The molecule has 2 aliphatic rings. The molecule has 3 heteroatoms. The number of nitrogens with zero attached hydrogens (tertiary/aromatic N) is 1. The van der Waals surface area contributed by atoms with E-state index in [9.17, 15) is 0 Å². The van der Waals surface area contributed by atoms with Gasteiger partial charge in [0, 0.05) is 17.5 Å². The monoisotopic (exact) mass is 264 g/mol. The molecule has 1 aromatic rings. The maximum absolute atomic E-state index is 3.68. The van der Waals surface area contributed by atoms with E-state index in [1.165, 1.54) is 63.2 Å². The number of piperidine rings is 1. The second-order valence-electron chi connectivity index (χ2n) is 5.71. The van der Waals surface area contributed by atoms with Crippen LogP contribution >= 0.6 is 11.3 Å². The van der Waals surface area contributed by atoms with Crippen LogP contribution in [0.3, 0.4) is 0 Å². The third kappa shape index (κ3) is 3.14. The van der Waals surface area contributed by atoms with E-state index in [0.717, 1.165) is 12.0 Å². The summed E-state index contributed by atoms with van der Waals surface area (Å²) < 4.78 is 0. The van der Waals surface area contributed by atoms with Gasteiger partial charge < -0.3 is 10.2 Å². The van der Waals surface area contributed by atoms with Crippen LogP contribution in [0.1, 0.15) is 30.6 Å². The number of likely N-dealkylation sites (tertiary alicyclic amines) is 1. The Balaban J connectivity index is 1.39. The van der Waals surface area contributed by atoms with Crippen molar-refractivity contribution in [2.45, 2.75) is 38.1 Å². The summed E-state index contributed by atoms with van der Waals surface area (Å²) >= 11 is 1.90. The van der Waals surface area contributed by atoms with E-state index in [1.54, 1.807) is 0 Å². The number of rotatable bonds is 4. The first-order valence-corrected chi connectivity index (χ1v) is 8.28. The highest BCUT2D eigenvalue weighted by molar-refractivity contribution is 7.09. The Hall–Kier alpha value is -0.380. The molecule has 1 N–H and O–H groups in total. The molecule has 0 aliphatic carbocycles. The summed E-state index contributed by atoms with van der Waals surface area (Å²) in [5.74, 6) is 0.950. The molecule has 2 fully saturated rings. The van der Waals surface area contributed by atoms with Crippen molar-refractivity contribution in [3.05, 3.63) is 22.4 Å². The van der Waals surface area contributed by atoms with Gasteiger partial charge in [0.2, 0.25) is 0 Å². The summed E-state index contributed by atoms with van der Waals surface area (Å²) in [6, 6.07) is 5.27. The highest BCUT2D eigenvalue weighted by Gasteiger charge is 2.27. The third-order valence-electron chi connectivity index (χ3n) is 4.55. The highest BCUT2D eigenvalue weighted by atomic mass is 32.1. The molecule has 18 heavy (non-hydrogen) atoms. The van der Waals surface area contributed by atoms with Gasteiger partial charge in [-0.25, -0.2) is 0 Å². The Morgan fingerprint density at radius 3 is 2.83 bits per heavy atom. The molecule has 0 radical (unpaired) electrons. The highest BCUT2D eigenvalue weighted by Crippen LogP contribution is 2.25. The van der Waals surface area contributed by atoms with Crippen LogP contribution in [-0.4, -0.2) is 37.1 Å². The molecule has 0 saturated carbocycles. The summed E-state index contributed by atoms with van der Waals surface area (Å²) in [5.41, 5.74) is 0. The lowest BCUT2D eigenvalue weighted by atomic mass is 9.88. The minimum atomic E-state index is 0.837. The predicted molar refractivity (Wildman–Crippen MR) is 78.2 cm³/mol. The van der Waals surface area contributed by atoms with Crippen LogP contribution in [0.25, 0.3) is 0 Å². The molecule has 2 aliphatic heterocycles. The van der Waals surface area contributed by atoms with E-state index in [-0.39, 0.29) is 0 Å². The third-order valence-corrected chi connectivity index (χ3v) is 5.49. The number of hydrogen-bond donors (Lipinski definition) is 1. The Morgan fingerprint density at radius 2 is 2.17 bits per heavy atom. The molecule has 0 aromatic carbocycles. The van der Waals surface area contributed by atoms with Crippen LogP contribution in [0.5, 0.6) is 0 Å². The summed E-state index contributed by atoms with van der Waals surface area (Å²) in [7, 11) is 0. The maximum atomic E-state index is 3.68. The predicted octanol–water partition coefficient (Wildman–Crippen LogP) is 2.75.